The predicted molar refractivity (Wildman–Crippen MR) is 117 cm³/mol. The number of benzene rings is 1. The quantitative estimate of drug-likeness (QED) is 0.317. The third kappa shape index (κ3) is 4.83. The van der Waals surface area contributed by atoms with Gasteiger partial charge in [0.2, 0.25) is 0 Å². The Kier molecular flexibility index (Phi) is 6.70. The number of sulfone groups is 1. The molecule has 2 aromatic rings. The van der Waals surface area contributed by atoms with Gasteiger partial charge in [-0.1, -0.05) is 11.8 Å². The van der Waals surface area contributed by atoms with Crippen molar-refractivity contribution in [3.8, 4) is 23.7 Å². The number of hydrogen-bond donors (Lipinski definition) is 3. The zero-order chi connectivity index (χ0) is 23.5. The first-order valence-electron chi connectivity index (χ1n) is 9.86. The van der Waals surface area contributed by atoms with Crippen molar-refractivity contribution in [2.24, 2.45) is 11.8 Å². The molecule has 1 amide bonds. The van der Waals surface area contributed by atoms with Crippen molar-refractivity contribution in [1.29, 1.82) is 0 Å². The minimum absolute atomic E-state index is 0.0914. The Morgan fingerprint density at radius 2 is 2.12 bits per heavy atom. The number of aliphatic hydroxyl groups excluding tert-OH is 1. The molecule has 3 rings (SSSR count). The van der Waals surface area contributed by atoms with E-state index >= 15 is 0 Å². The molecule has 3 N–H and O–H groups in total. The Hall–Kier alpha value is -3.18. The smallest absolute Gasteiger partial charge is 0.264 e. The molecule has 1 aliphatic carbocycles. The Morgan fingerprint density at radius 1 is 1.38 bits per heavy atom. The number of hydroxylamine groups is 1. The molecule has 0 aliphatic heterocycles. The number of fused-ring (bicyclic) bond motifs is 1. The molecule has 0 spiro atoms. The van der Waals surface area contributed by atoms with Gasteiger partial charge in [-0.3, -0.25) is 19.4 Å². The third-order valence-corrected chi connectivity index (χ3v) is 7.77. The maximum absolute atomic E-state index is 12.8. The van der Waals surface area contributed by atoms with Crippen LogP contribution in [0.15, 0.2) is 29.3 Å². The van der Waals surface area contributed by atoms with E-state index in [-0.39, 0.29) is 31.4 Å². The van der Waals surface area contributed by atoms with E-state index in [2.05, 4.69) is 28.7 Å². The Balaban J connectivity index is 1.80. The SMILES string of the molecule is CC(CCn1cnc2cc(C#CC#CC3C[C@H]3CO)ccc2c1=O)(C(=O)NO)S(C)(=O)=O. The molecule has 9 nitrogen and oxygen atoms in total. The molecule has 10 heteroatoms. The molecule has 1 aliphatic rings. The molecule has 168 valence electrons. The summed E-state index contributed by atoms with van der Waals surface area (Å²) in [5.74, 6) is 10.8. The molecule has 0 radical (unpaired) electrons. The lowest BCUT2D eigenvalue weighted by Gasteiger charge is -2.25. The van der Waals surface area contributed by atoms with E-state index in [0.717, 1.165) is 12.7 Å². The molecular formula is C22H23N3O6S. The maximum Gasteiger partial charge on any atom is 0.264 e. The van der Waals surface area contributed by atoms with Gasteiger partial charge in [-0.05, 0) is 55.7 Å². The standard InChI is InChI=1S/C22H23N3O6S/c1-22(21(28)24-29,32(2,30)31)9-10-25-14-23-19-11-15(7-8-18(19)20(25)27)5-3-4-6-16-12-17(16)13-26/h7-8,11,14,16-17,26,29H,9-10,12-13H2,1-2H3,(H,24,28)/t16?,17-,22?/m0/s1. The maximum atomic E-state index is 12.8. The molecule has 2 unspecified atom stereocenters. The number of aryl methyl sites for hydroxylation is 1. The van der Waals surface area contributed by atoms with Gasteiger partial charge in [0.25, 0.3) is 11.5 Å². The first-order valence-corrected chi connectivity index (χ1v) is 11.8. The number of rotatable bonds is 6. The summed E-state index contributed by atoms with van der Waals surface area (Å²) in [5, 5.41) is 18.2. The second kappa shape index (κ2) is 9.13. The lowest BCUT2D eigenvalue weighted by atomic mass is 10.1. The lowest BCUT2D eigenvalue weighted by molar-refractivity contribution is -0.131. The van der Waals surface area contributed by atoms with Crippen LogP contribution in [0.25, 0.3) is 10.9 Å². The number of nitrogens with zero attached hydrogens (tertiary/aromatic N) is 2. The van der Waals surface area contributed by atoms with Crippen molar-refractivity contribution >= 4 is 26.6 Å². The molecule has 3 atom stereocenters. The minimum atomic E-state index is -3.87. The second-order valence-corrected chi connectivity index (χ2v) is 10.4. The first kappa shape index (κ1) is 23.5. The highest BCUT2D eigenvalue weighted by Crippen LogP contribution is 2.36. The summed E-state index contributed by atoms with van der Waals surface area (Å²) >= 11 is 0. The number of amides is 1. The molecule has 32 heavy (non-hydrogen) atoms. The van der Waals surface area contributed by atoms with Crippen molar-refractivity contribution in [3.05, 3.63) is 40.4 Å². The molecule has 1 aromatic heterocycles. The van der Waals surface area contributed by atoms with Crippen molar-refractivity contribution in [2.45, 2.75) is 31.1 Å². The molecule has 0 bridgehead atoms. The van der Waals surface area contributed by atoms with Gasteiger partial charge in [0, 0.05) is 30.9 Å². The number of aromatic nitrogens is 2. The fraction of sp³-hybridized carbons (Fsp3) is 0.409. The zero-order valence-electron chi connectivity index (χ0n) is 17.6. The van der Waals surface area contributed by atoms with Crippen LogP contribution in [0, 0.1) is 35.5 Å². The normalized spacial score (nSPS) is 19.1. The summed E-state index contributed by atoms with van der Waals surface area (Å²) in [4.78, 5) is 29.0. The van der Waals surface area contributed by atoms with Gasteiger partial charge in [-0.2, -0.15) is 0 Å². The molecule has 1 heterocycles. The summed E-state index contributed by atoms with van der Waals surface area (Å²) in [6, 6.07) is 4.90. The van der Waals surface area contributed by atoms with Crippen molar-refractivity contribution in [3.63, 3.8) is 0 Å². The van der Waals surface area contributed by atoms with Crippen molar-refractivity contribution < 1.29 is 23.5 Å². The van der Waals surface area contributed by atoms with Crippen LogP contribution in [0.5, 0.6) is 0 Å². The number of nitrogens with one attached hydrogen (secondary N) is 1. The minimum Gasteiger partial charge on any atom is -0.396 e. The van der Waals surface area contributed by atoms with E-state index in [9.17, 15) is 18.0 Å². The number of hydrogen-bond acceptors (Lipinski definition) is 7. The molecule has 1 saturated carbocycles. The van der Waals surface area contributed by atoms with Gasteiger partial charge in [0.15, 0.2) is 14.6 Å². The van der Waals surface area contributed by atoms with Crippen LogP contribution in [-0.4, -0.2) is 51.8 Å². The highest BCUT2D eigenvalue weighted by Gasteiger charge is 2.43. The van der Waals surface area contributed by atoms with Gasteiger partial charge in [-0.15, -0.1) is 0 Å². The molecule has 1 aromatic carbocycles. The number of carbonyl (C=O) groups excluding carboxylic acids is 1. The molecule has 1 fully saturated rings. The van der Waals surface area contributed by atoms with Gasteiger partial charge < -0.3 is 5.11 Å². The second-order valence-electron chi connectivity index (χ2n) is 7.97. The van der Waals surface area contributed by atoms with E-state index in [0.29, 0.717) is 16.5 Å². The van der Waals surface area contributed by atoms with Gasteiger partial charge in [0.05, 0.1) is 17.2 Å². The highest BCUT2D eigenvalue weighted by molar-refractivity contribution is 7.92. The van der Waals surface area contributed by atoms with Crippen molar-refractivity contribution in [1.82, 2.24) is 15.0 Å². The fourth-order valence-electron chi connectivity index (χ4n) is 3.17. The molecular weight excluding hydrogens is 434 g/mol. The van der Waals surface area contributed by atoms with Crippen LogP contribution in [0.2, 0.25) is 0 Å². The highest BCUT2D eigenvalue weighted by atomic mass is 32.2. The summed E-state index contributed by atoms with van der Waals surface area (Å²) < 4.78 is 23.5. The van der Waals surface area contributed by atoms with Crippen LogP contribution in [0.3, 0.4) is 0 Å². The number of aliphatic hydroxyl groups is 1. The summed E-state index contributed by atoms with van der Waals surface area (Å²) in [6.07, 6.45) is 2.84. The van der Waals surface area contributed by atoms with E-state index in [1.807, 2.05) is 0 Å². The van der Waals surface area contributed by atoms with E-state index in [1.54, 1.807) is 18.2 Å². The summed E-state index contributed by atoms with van der Waals surface area (Å²) in [6.45, 7) is 1.24. The van der Waals surface area contributed by atoms with Crippen LogP contribution in [-0.2, 0) is 21.2 Å². The lowest BCUT2D eigenvalue weighted by Crippen LogP contribution is -2.50. The van der Waals surface area contributed by atoms with Crippen LogP contribution in [0.1, 0.15) is 25.3 Å². The monoisotopic (exact) mass is 457 g/mol. The van der Waals surface area contributed by atoms with Gasteiger partial charge in [-0.25, -0.2) is 18.9 Å². The molecule has 0 saturated heterocycles. The Morgan fingerprint density at radius 3 is 2.75 bits per heavy atom. The first-order chi connectivity index (χ1) is 15.1. The number of carbonyl (C=O) groups is 1. The Bertz CT molecular complexity index is 1340. The van der Waals surface area contributed by atoms with Crippen LogP contribution < -0.4 is 11.0 Å². The van der Waals surface area contributed by atoms with Crippen LogP contribution in [0.4, 0.5) is 0 Å². The summed E-state index contributed by atoms with van der Waals surface area (Å²) in [5.41, 5.74) is 2.05. The topological polar surface area (TPSA) is 139 Å². The van der Waals surface area contributed by atoms with Gasteiger partial charge >= 0.3 is 0 Å². The van der Waals surface area contributed by atoms with E-state index in [4.69, 9.17) is 10.3 Å². The average molecular weight is 458 g/mol. The fourth-order valence-corrected chi connectivity index (χ4v) is 4.02. The predicted octanol–water partition coefficient (Wildman–Crippen LogP) is 0.0786. The van der Waals surface area contributed by atoms with E-state index < -0.39 is 26.1 Å². The average Bonchev–Trinajstić information content (AvgIpc) is 3.53. The largest absolute Gasteiger partial charge is 0.396 e. The van der Waals surface area contributed by atoms with Crippen LogP contribution >= 0.6 is 0 Å². The Labute approximate surface area is 185 Å². The van der Waals surface area contributed by atoms with E-state index in [1.165, 1.54) is 23.3 Å². The zero-order valence-corrected chi connectivity index (χ0v) is 18.4. The van der Waals surface area contributed by atoms with Crippen molar-refractivity contribution in [2.75, 3.05) is 12.9 Å². The summed E-state index contributed by atoms with van der Waals surface area (Å²) in [7, 11) is -3.87. The third-order valence-electron chi connectivity index (χ3n) is 5.74. The van der Waals surface area contributed by atoms with Gasteiger partial charge in [0.1, 0.15) is 0 Å².